The van der Waals surface area contributed by atoms with Crippen molar-refractivity contribution in [3.05, 3.63) is 23.8 Å². The lowest BCUT2D eigenvalue weighted by molar-refractivity contribution is -0.130. The van der Waals surface area contributed by atoms with Crippen LogP contribution in [-0.4, -0.2) is 35.6 Å². The smallest absolute Gasteiger partial charge is 0.171 e. The van der Waals surface area contributed by atoms with Gasteiger partial charge in [0.2, 0.25) is 0 Å². The van der Waals surface area contributed by atoms with Crippen LogP contribution in [0, 0.1) is 11.8 Å². The van der Waals surface area contributed by atoms with Gasteiger partial charge >= 0.3 is 0 Å². The summed E-state index contributed by atoms with van der Waals surface area (Å²) in [6.07, 6.45) is 9.61. The third kappa shape index (κ3) is 2.20. The van der Waals surface area contributed by atoms with Crippen molar-refractivity contribution in [2.24, 2.45) is 11.8 Å². The molecule has 0 aromatic heterocycles. The van der Waals surface area contributed by atoms with Crippen LogP contribution >= 0.6 is 0 Å². The molecule has 3 heteroatoms. The predicted molar refractivity (Wildman–Crippen MR) is 73.7 cm³/mol. The average Bonchev–Trinajstić information content (AvgIpc) is 2.86. The summed E-state index contributed by atoms with van der Waals surface area (Å²) in [5.41, 5.74) is 0.921. The van der Waals surface area contributed by atoms with E-state index in [9.17, 15) is 9.59 Å². The summed E-state index contributed by atoms with van der Waals surface area (Å²) in [5, 5.41) is 0. The Kier molecular flexibility index (Phi) is 3.40. The molecule has 0 radical (unpaired) electrons. The first-order valence-electron chi connectivity index (χ1n) is 7.37. The molecule has 0 bridgehead atoms. The number of carbonyl (C=O) groups excluding carboxylic acids is 2. The normalized spacial score (nSPS) is 35.1. The lowest BCUT2D eigenvalue weighted by Crippen LogP contribution is -2.41. The van der Waals surface area contributed by atoms with E-state index < -0.39 is 5.92 Å². The summed E-state index contributed by atoms with van der Waals surface area (Å²) in [5.74, 6) is -0.197. The van der Waals surface area contributed by atoms with E-state index in [2.05, 4.69) is 11.0 Å². The minimum Gasteiger partial charge on any atom is -0.296 e. The van der Waals surface area contributed by atoms with Gasteiger partial charge in [0.15, 0.2) is 11.6 Å². The van der Waals surface area contributed by atoms with Gasteiger partial charge in [0.05, 0.1) is 5.92 Å². The third-order valence-electron chi connectivity index (χ3n) is 4.74. The summed E-state index contributed by atoms with van der Waals surface area (Å²) in [4.78, 5) is 27.2. The highest BCUT2D eigenvalue weighted by atomic mass is 16.2. The Hall–Kier alpha value is -1.22. The van der Waals surface area contributed by atoms with Crippen LogP contribution in [0.4, 0.5) is 0 Å². The van der Waals surface area contributed by atoms with Crippen molar-refractivity contribution in [3.63, 3.8) is 0 Å². The second-order valence-corrected chi connectivity index (χ2v) is 6.00. The van der Waals surface area contributed by atoms with Gasteiger partial charge in [-0.3, -0.25) is 14.5 Å². The molecule has 19 heavy (non-hydrogen) atoms. The molecule has 0 amide bonds. The monoisotopic (exact) mass is 259 g/mol. The molecule has 1 aliphatic carbocycles. The lowest BCUT2D eigenvalue weighted by atomic mass is 9.76. The minimum atomic E-state index is -0.434. The van der Waals surface area contributed by atoms with E-state index in [0.29, 0.717) is 0 Å². The Labute approximate surface area is 114 Å². The number of fused-ring (bicyclic) bond motifs is 1. The Balaban J connectivity index is 1.85. The van der Waals surface area contributed by atoms with Crippen molar-refractivity contribution in [3.8, 4) is 0 Å². The zero-order chi connectivity index (χ0) is 13.4. The van der Waals surface area contributed by atoms with E-state index in [-0.39, 0.29) is 23.5 Å². The molecule has 3 rings (SSSR count). The number of ketones is 2. The predicted octanol–water partition coefficient (Wildman–Crippen LogP) is 2.13. The number of carbonyl (C=O) groups is 2. The van der Waals surface area contributed by atoms with Crippen LogP contribution in [0.3, 0.4) is 0 Å². The summed E-state index contributed by atoms with van der Waals surface area (Å²) in [6, 6.07) is 0.284. The SMILES string of the molecule is CC1CC=CC(=O)C1C(=O)C1=CCCN2CCCC12. The number of hydrogen-bond donors (Lipinski definition) is 0. The molecule has 0 N–H and O–H groups in total. The van der Waals surface area contributed by atoms with Gasteiger partial charge in [0.1, 0.15) is 0 Å². The number of rotatable bonds is 2. The summed E-state index contributed by atoms with van der Waals surface area (Å²) in [6.45, 7) is 4.18. The number of nitrogens with zero attached hydrogens (tertiary/aromatic N) is 1. The van der Waals surface area contributed by atoms with Crippen LogP contribution in [0.25, 0.3) is 0 Å². The van der Waals surface area contributed by atoms with Crippen molar-refractivity contribution in [2.75, 3.05) is 13.1 Å². The van der Waals surface area contributed by atoms with Crippen molar-refractivity contribution in [1.82, 2.24) is 4.90 Å². The fourth-order valence-electron chi connectivity index (χ4n) is 3.72. The maximum absolute atomic E-state index is 12.8. The minimum absolute atomic E-state index is 0.000213. The highest BCUT2D eigenvalue weighted by Crippen LogP contribution is 2.33. The van der Waals surface area contributed by atoms with Gasteiger partial charge in [-0.25, -0.2) is 0 Å². The van der Waals surface area contributed by atoms with Crippen molar-refractivity contribution >= 4 is 11.6 Å². The number of hydrogen-bond acceptors (Lipinski definition) is 3. The van der Waals surface area contributed by atoms with Crippen molar-refractivity contribution in [1.29, 1.82) is 0 Å². The van der Waals surface area contributed by atoms with E-state index in [0.717, 1.165) is 37.9 Å². The molecular formula is C16H21NO2. The molecule has 3 atom stereocenters. The second-order valence-electron chi connectivity index (χ2n) is 6.00. The van der Waals surface area contributed by atoms with Gasteiger partial charge in [0, 0.05) is 18.2 Å². The maximum Gasteiger partial charge on any atom is 0.171 e. The molecule has 1 saturated heterocycles. The number of Topliss-reactive ketones (excluding diaryl/α,β-unsaturated/α-hetero) is 1. The number of allylic oxidation sites excluding steroid dienone is 2. The Morgan fingerprint density at radius 2 is 2.21 bits per heavy atom. The van der Waals surface area contributed by atoms with Crippen molar-refractivity contribution in [2.45, 2.75) is 38.6 Å². The van der Waals surface area contributed by atoms with E-state index in [1.807, 2.05) is 13.0 Å². The van der Waals surface area contributed by atoms with Crippen LogP contribution in [0.2, 0.25) is 0 Å². The molecular weight excluding hydrogens is 238 g/mol. The van der Waals surface area contributed by atoms with Gasteiger partial charge in [-0.05, 0) is 44.2 Å². The van der Waals surface area contributed by atoms with Crippen LogP contribution < -0.4 is 0 Å². The molecule has 3 aliphatic rings. The molecule has 3 nitrogen and oxygen atoms in total. The molecule has 3 unspecified atom stereocenters. The Morgan fingerprint density at radius 3 is 3.00 bits per heavy atom. The Morgan fingerprint density at radius 1 is 1.37 bits per heavy atom. The largest absolute Gasteiger partial charge is 0.296 e. The Bertz CT molecular complexity index is 463. The third-order valence-corrected chi connectivity index (χ3v) is 4.74. The van der Waals surface area contributed by atoms with Gasteiger partial charge in [-0.2, -0.15) is 0 Å². The van der Waals surface area contributed by atoms with E-state index in [1.54, 1.807) is 6.08 Å². The van der Waals surface area contributed by atoms with Crippen molar-refractivity contribution < 1.29 is 9.59 Å². The first-order valence-corrected chi connectivity index (χ1v) is 7.37. The summed E-state index contributed by atoms with van der Waals surface area (Å²) in [7, 11) is 0. The lowest BCUT2D eigenvalue weighted by Gasteiger charge is -2.32. The first kappa shape index (κ1) is 12.8. The van der Waals surface area contributed by atoms with Crippen LogP contribution in [-0.2, 0) is 9.59 Å². The van der Waals surface area contributed by atoms with Crippen LogP contribution in [0.1, 0.15) is 32.6 Å². The summed E-state index contributed by atoms with van der Waals surface area (Å²) < 4.78 is 0. The second kappa shape index (κ2) is 5.04. The maximum atomic E-state index is 12.8. The summed E-state index contributed by atoms with van der Waals surface area (Å²) >= 11 is 0. The molecule has 0 spiro atoms. The van der Waals surface area contributed by atoms with Gasteiger partial charge in [-0.15, -0.1) is 0 Å². The average molecular weight is 259 g/mol. The topological polar surface area (TPSA) is 37.4 Å². The quantitative estimate of drug-likeness (QED) is 0.713. The standard InChI is InChI=1S/C16H21NO2/c1-11-5-2-8-14(18)15(11)16(19)12-6-3-9-17-10-4-7-13(12)17/h2,6,8,11,13,15H,3-5,7,9-10H2,1H3. The fraction of sp³-hybridized carbons (Fsp3) is 0.625. The van der Waals surface area contributed by atoms with Crippen LogP contribution in [0.5, 0.6) is 0 Å². The molecule has 2 aliphatic heterocycles. The fourth-order valence-corrected chi connectivity index (χ4v) is 3.72. The molecule has 0 aromatic carbocycles. The van der Waals surface area contributed by atoms with Gasteiger partial charge < -0.3 is 0 Å². The zero-order valence-corrected chi connectivity index (χ0v) is 11.5. The van der Waals surface area contributed by atoms with E-state index >= 15 is 0 Å². The molecule has 0 saturated carbocycles. The first-order chi connectivity index (χ1) is 9.18. The van der Waals surface area contributed by atoms with Gasteiger partial charge in [0.25, 0.3) is 0 Å². The van der Waals surface area contributed by atoms with Crippen LogP contribution in [0.15, 0.2) is 23.8 Å². The highest BCUT2D eigenvalue weighted by molar-refractivity contribution is 6.14. The highest BCUT2D eigenvalue weighted by Gasteiger charge is 2.39. The zero-order valence-electron chi connectivity index (χ0n) is 11.5. The molecule has 102 valence electrons. The molecule has 1 fully saturated rings. The molecule has 2 heterocycles. The molecule has 0 aromatic rings. The van der Waals surface area contributed by atoms with Gasteiger partial charge in [-0.1, -0.05) is 19.1 Å². The van der Waals surface area contributed by atoms with E-state index in [4.69, 9.17) is 0 Å². The van der Waals surface area contributed by atoms with E-state index in [1.165, 1.54) is 6.42 Å².